The Morgan fingerprint density at radius 1 is 0.923 bits per heavy atom. The maximum atomic E-state index is 11.7. The molecule has 0 bridgehead atoms. The zero-order chi connectivity index (χ0) is 28.4. The molecule has 0 amide bonds. The van der Waals surface area contributed by atoms with Gasteiger partial charge in [0.2, 0.25) is 0 Å². The van der Waals surface area contributed by atoms with E-state index in [1.54, 1.807) is 12.3 Å². The van der Waals surface area contributed by atoms with Crippen molar-refractivity contribution in [2.24, 2.45) is 4.99 Å². The maximum absolute atomic E-state index is 11.7. The van der Waals surface area contributed by atoms with Crippen molar-refractivity contribution in [3.8, 4) is 0 Å². The molecule has 3 N–H and O–H groups in total. The van der Waals surface area contributed by atoms with Crippen molar-refractivity contribution >= 4 is 35.4 Å². The molecule has 0 radical (unpaired) electrons. The van der Waals surface area contributed by atoms with Crippen molar-refractivity contribution in [2.45, 2.75) is 81.1 Å². The van der Waals surface area contributed by atoms with E-state index in [1.807, 2.05) is 6.92 Å². The third kappa shape index (κ3) is 5.18. The van der Waals surface area contributed by atoms with Crippen LogP contribution in [0.3, 0.4) is 0 Å². The van der Waals surface area contributed by atoms with Gasteiger partial charge in [-0.2, -0.15) is 0 Å². The number of aromatic nitrogens is 3. The zero-order valence-electron chi connectivity index (χ0n) is 24.3. The van der Waals surface area contributed by atoms with E-state index in [0.717, 1.165) is 76.1 Å². The maximum Gasteiger partial charge on any atom is 0.177 e. The number of hydrogen-bond acceptors (Lipinski definition) is 5. The van der Waals surface area contributed by atoms with Gasteiger partial charge in [-0.25, -0.2) is 4.99 Å². The number of aryl methyl sites for hydroxylation is 1. The van der Waals surface area contributed by atoms with Gasteiger partial charge in [-0.15, -0.1) is 0 Å². The van der Waals surface area contributed by atoms with Crippen LogP contribution in [-0.2, 0) is 24.1 Å². The molecule has 4 rings (SSSR count). The molecule has 4 heterocycles. The van der Waals surface area contributed by atoms with Crippen molar-refractivity contribution in [3.63, 3.8) is 0 Å². The molecule has 7 nitrogen and oxygen atoms in total. The Morgan fingerprint density at radius 3 is 2.26 bits per heavy atom. The molecule has 1 aliphatic rings. The Balaban J connectivity index is 1.84. The first kappa shape index (κ1) is 28.0. The van der Waals surface area contributed by atoms with E-state index < -0.39 is 0 Å². The number of Topliss-reactive ketones (excluding diaryl/α,β-unsaturated/α-hetero) is 1. The Morgan fingerprint density at radius 2 is 1.64 bits per heavy atom. The minimum Gasteiger partial charge on any atom is -0.361 e. The molecule has 39 heavy (non-hydrogen) atoms. The summed E-state index contributed by atoms with van der Waals surface area (Å²) in [5, 5.41) is 13.8. The predicted octanol–water partition coefficient (Wildman–Crippen LogP) is 5.42. The first-order valence-corrected chi connectivity index (χ1v) is 13.8. The Bertz CT molecular complexity index is 1670. The highest BCUT2D eigenvalue weighted by Gasteiger charge is 2.25. The van der Waals surface area contributed by atoms with E-state index >= 15 is 0 Å². The lowest BCUT2D eigenvalue weighted by atomic mass is 9.97. The largest absolute Gasteiger partial charge is 0.361 e. The molecule has 0 fully saturated rings. The van der Waals surface area contributed by atoms with Gasteiger partial charge >= 0.3 is 0 Å². The van der Waals surface area contributed by atoms with Crippen LogP contribution < -0.4 is 10.7 Å². The van der Waals surface area contributed by atoms with Crippen molar-refractivity contribution in [2.75, 3.05) is 0 Å². The number of hydrogen-bond donors (Lipinski definition) is 3. The van der Waals surface area contributed by atoms with Gasteiger partial charge in [0, 0.05) is 35.4 Å². The average molecular weight is 526 g/mol. The number of carbonyl (C=O) groups excluding carboxylic acids is 1. The van der Waals surface area contributed by atoms with Crippen molar-refractivity contribution in [1.29, 1.82) is 5.41 Å². The van der Waals surface area contributed by atoms with Gasteiger partial charge in [0.1, 0.15) is 5.76 Å². The predicted molar refractivity (Wildman–Crippen MR) is 159 cm³/mol. The lowest BCUT2D eigenvalue weighted by Crippen LogP contribution is -2.16. The van der Waals surface area contributed by atoms with Gasteiger partial charge < -0.3 is 14.5 Å². The van der Waals surface area contributed by atoms with E-state index in [2.05, 4.69) is 68.8 Å². The normalized spacial score (nSPS) is 15.7. The quantitative estimate of drug-likeness (QED) is 0.324. The van der Waals surface area contributed by atoms with Gasteiger partial charge in [-0.3, -0.25) is 10.2 Å². The number of ketones is 1. The molecule has 0 aliphatic carbocycles. The fraction of sp³-hybridized carbons (Fsp3) is 0.375. The van der Waals surface area contributed by atoms with Crippen LogP contribution in [0.2, 0.25) is 0 Å². The van der Waals surface area contributed by atoms with Crippen LogP contribution in [0.4, 0.5) is 0 Å². The van der Waals surface area contributed by atoms with Gasteiger partial charge in [0.15, 0.2) is 5.78 Å². The molecule has 1 aliphatic heterocycles. The zero-order valence-corrected chi connectivity index (χ0v) is 24.3. The van der Waals surface area contributed by atoms with E-state index in [-0.39, 0.29) is 11.5 Å². The molecule has 204 valence electrons. The Kier molecular flexibility index (Phi) is 8.19. The van der Waals surface area contributed by atoms with Crippen LogP contribution in [0.25, 0.3) is 18.2 Å². The molecular formula is C32H39N5O2. The van der Waals surface area contributed by atoms with E-state index in [9.17, 15) is 4.79 Å². The molecule has 3 aromatic rings. The molecule has 0 unspecified atom stereocenters. The summed E-state index contributed by atoms with van der Waals surface area (Å²) >= 11 is 0. The summed E-state index contributed by atoms with van der Waals surface area (Å²) in [4.78, 5) is 23.8. The smallest absolute Gasteiger partial charge is 0.177 e. The summed E-state index contributed by atoms with van der Waals surface area (Å²) in [6.07, 6.45) is 11.1. The lowest BCUT2D eigenvalue weighted by molar-refractivity contribution is -0.111. The van der Waals surface area contributed by atoms with E-state index in [4.69, 9.17) is 14.9 Å². The minimum atomic E-state index is -0.248. The van der Waals surface area contributed by atoms with Crippen molar-refractivity contribution in [1.82, 2.24) is 15.1 Å². The van der Waals surface area contributed by atoms with Crippen LogP contribution >= 0.6 is 0 Å². The number of aliphatic imine (C=N–C) groups is 1. The third-order valence-corrected chi connectivity index (χ3v) is 7.78. The number of carbonyl (C=O) groups is 1. The number of rotatable bonds is 9. The van der Waals surface area contributed by atoms with Crippen LogP contribution in [0.1, 0.15) is 92.9 Å². The van der Waals surface area contributed by atoms with Crippen LogP contribution in [0, 0.1) is 19.3 Å². The summed E-state index contributed by atoms with van der Waals surface area (Å²) in [6, 6.07) is 0. The summed E-state index contributed by atoms with van der Waals surface area (Å²) < 4.78 is 5.46. The number of allylic oxidation sites excluding steroid dienone is 2. The second kappa shape index (κ2) is 11.4. The third-order valence-electron chi connectivity index (χ3n) is 7.78. The van der Waals surface area contributed by atoms with Crippen molar-refractivity contribution in [3.05, 3.63) is 78.7 Å². The highest BCUT2D eigenvalue weighted by Crippen LogP contribution is 2.33. The standard InChI is InChI=1S/C32H39N5O2/c1-9-21-17(5)26(13-25(33)20(8)38)35-29(21)15-30-22(10-2)18(6)27(36-30)14-28-19(7)23(11-3)32(37-28)24-16-34-39-31(24)12-4/h13-16,33,35-36H,9-12H2,1-8H3/b26-13+,28-14?,29-15-,33-25?. The Labute approximate surface area is 230 Å². The van der Waals surface area contributed by atoms with Crippen LogP contribution in [0.15, 0.2) is 32.6 Å². The number of aromatic amines is 2. The second-order valence-electron chi connectivity index (χ2n) is 10.0. The summed E-state index contributed by atoms with van der Waals surface area (Å²) in [5.74, 6) is 0.611. The van der Waals surface area contributed by atoms with Gasteiger partial charge in [0.05, 0.1) is 28.9 Å². The van der Waals surface area contributed by atoms with Crippen LogP contribution in [-0.4, -0.2) is 32.3 Å². The molecular weight excluding hydrogens is 486 g/mol. The number of nitrogens with one attached hydrogen (secondary N) is 3. The summed E-state index contributed by atoms with van der Waals surface area (Å²) in [7, 11) is 0. The molecule has 0 saturated carbocycles. The van der Waals surface area contributed by atoms with Crippen molar-refractivity contribution < 1.29 is 9.32 Å². The molecule has 0 saturated heterocycles. The van der Waals surface area contributed by atoms with E-state index in [0.29, 0.717) is 0 Å². The molecule has 0 aromatic carbocycles. The molecule has 0 atom stereocenters. The Hall–Kier alpha value is -4.00. The molecule has 0 spiro atoms. The summed E-state index contributed by atoms with van der Waals surface area (Å²) in [6.45, 7) is 16.3. The summed E-state index contributed by atoms with van der Waals surface area (Å²) in [5.41, 5.74) is 12.1. The van der Waals surface area contributed by atoms with Gasteiger partial charge in [0.25, 0.3) is 0 Å². The monoisotopic (exact) mass is 525 g/mol. The second-order valence-corrected chi connectivity index (χ2v) is 10.0. The van der Waals surface area contributed by atoms with Gasteiger partial charge in [-0.1, -0.05) is 32.9 Å². The highest BCUT2D eigenvalue weighted by atomic mass is 16.5. The minimum absolute atomic E-state index is 0.00366. The fourth-order valence-electron chi connectivity index (χ4n) is 5.44. The first-order chi connectivity index (χ1) is 18.6. The number of nitrogens with zero attached hydrogens (tertiary/aromatic N) is 2. The highest BCUT2D eigenvalue weighted by molar-refractivity contribution is 6.48. The SMILES string of the molecule is CCC1=C(C)C(=Cc2[nH]c(/C=c3\[nH]/c(=C/C(=N)C(C)=O)c(C)c3CC)c(CC)c2C)N=C1c1cnoc1CC. The molecule has 3 aromatic heterocycles. The number of H-pyrrole nitrogens is 2. The van der Waals surface area contributed by atoms with Crippen LogP contribution in [0.5, 0.6) is 0 Å². The molecule has 7 heteroatoms. The topological polar surface area (TPSA) is 111 Å². The lowest BCUT2D eigenvalue weighted by Gasteiger charge is -2.03. The van der Waals surface area contributed by atoms with E-state index in [1.165, 1.54) is 34.8 Å². The average Bonchev–Trinajstić information content (AvgIpc) is 3.65. The first-order valence-electron chi connectivity index (χ1n) is 13.8. The van der Waals surface area contributed by atoms with Gasteiger partial charge in [-0.05, 0) is 91.7 Å². The fourth-order valence-corrected chi connectivity index (χ4v) is 5.44.